The van der Waals surface area contributed by atoms with Gasteiger partial charge in [0.15, 0.2) is 0 Å². The molecule has 0 spiro atoms. The molecule has 1 N–H and O–H groups in total. The minimum absolute atomic E-state index is 1.05. The van der Waals surface area contributed by atoms with E-state index in [0.29, 0.717) is 0 Å². The maximum Gasteiger partial charge on any atom is 0.0369 e. The Morgan fingerprint density at radius 3 is 2.75 bits per heavy atom. The van der Waals surface area contributed by atoms with Gasteiger partial charge in [0.1, 0.15) is 0 Å². The molecule has 0 unspecified atom stereocenters. The Labute approximate surface area is 97.6 Å². The van der Waals surface area contributed by atoms with Crippen LogP contribution in [0.25, 0.3) is 0 Å². The van der Waals surface area contributed by atoms with Gasteiger partial charge < -0.3 is 10.2 Å². The average Bonchev–Trinajstić information content (AvgIpc) is 2.39. The lowest BCUT2D eigenvalue weighted by molar-refractivity contribution is 0.576. The summed E-state index contributed by atoms with van der Waals surface area (Å²) in [6.45, 7) is 4.68. The standard InChI is InChI=1S/C14H20N2/c1-2-8-16(9-3-1)14-5-4-13-11-15-7-6-12(13)10-14/h4-5,10,15H,1-3,6-9,11H2. The van der Waals surface area contributed by atoms with E-state index in [2.05, 4.69) is 28.4 Å². The van der Waals surface area contributed by atoms with Crippen molar-refractivity contribution in [2.45, 2.75) is 32.2 Å². The van der Waals surface area contributed by atoms with Gasteiger partial charge in [-0.15, -0.1) is 0 Å². The van der Waals surface area contributed by atoms with E-state index < -0.39 is 0 Å². The van der Waals surface area contributed by atoms with Crippen molar-refractivity contribution in [1.29, 1.82) is 0 Å². The van der Waals surface area contributed by atoms with Crippen LogP contribution in [0.15, 0.2) is 18.2 Å². The fourth-order valence-corrected chi connectivity index (χ4v) is 2.81. The third-order valence-corrected chi connectivity index (χ3v) is 3.80. The third-order valence-electron chi connectivity index (χ3n) is 3.80. The highest BCUT2D eigenvalue weighted by Gasteiger charge is 2.14. The third kappa shape index (κ3) is 1.94. The van der Waals surface area contributed by atoms with Crippen LogP contribution in [0.4, 0.5) is 5.69 Å². The van der Waals surface area contributed by atoms with E-state index in [0.717, 1.165) is 13.1 Å². The van der Waals surface area contributed by atoms with Crippen molar-refractivity contribution in [3.63, 3.8) is 0 Å². The summed E-state index contributed by atoms with van der Waals surface area (Å²) in [5.41, 5.74) is 4.49. The van der Waals surface area contributed by atoms with E-state index in [4.69, 9.17) is 0 Å². The smallest absolute Gasteiger partial charge is 0.0369 e. The molecule has 2 heterocycles. The molecule has 1 saturated heterocycles. The summed E-state index contributed by atoms with van der Waals surface area (Å²) in [4.78, 5) is 2.55. The second-order valence-electron chi connectivity index (χ2n) is 4.93. The number of piperidine rings is 1. The van der Waals surface area contributed by atoms with Gasteiger partial charge in [-0.3, -0.25) is 0 Å². The zero-order valence-corrected chi connectivity index (χ0v) is 9.84. The molecule has 3 rings (SSSR count). The molecule has 0 amide bonds. The van der Waals surface area contributed by atoms with Crippen LogP contribution in [0.2, 0.25) is 0 Å². The minimum atomic E-state index is 1.05. The monoisotopic (exact) mass is 216 g/mol. The Kier molecular flexibility index (Phi) is 2.83. The highest BCUT2D eigenvalue weighted by Crippen LogP contribution is 2.24. The van der Waals surface area contributed by atoms with Crippen LogP contribution in [-0.2, 0) is 13.0 Å². The van der Waals surface area contributed by atoms with Gasteiger partial charge in [0.2, 0.25) is 0 Å². The van der Waals surface area contributed by atoms with Gasteiger partial charge in [-0.05, 0) is 55.5 Å². The Bertz CT molecular complexity index is 367. The van der Waals surface area contributed by atoms with Crippen molar-refractivity contribution in [1.82, 2.24) is 5.32 Å². The van der Waals surface area contributed by atoms with Crippen molar-refractivity contribution in [3.8, 4) is 0 Å². The quantitative estimate of drug-likeness (QED) is 0.775. The molecule has 0 aromatic heterocycles. The van der Waals surface area contributed by atoms with Gasteiger partial charge in [0, 0.05) is 25.3 Å². The zero-order chi connectivity index (χ0) is 10.8. The van der Waals surface area contributed by atoms with E-state index in [1.165, 1.54) is 50.0 Å². The van der Waals surface area contributed by atoms with Crippen LogP contribution in [0.3, 0.4) is 0 Å². The van der Waals surface area contributed by atoms with E-state index >= 15 is 0 Å². The molecule has 2 heteroatoms. The number of hydrogen-bond acceptors (Lipinski definition) is 2. The van der Waals surface area contributed by atoms with Crippen molar-refractivity contribution in [2.24, 2.45) is 0 Å². The fraction of sp³-hybridized carbons (Fsp3) is 0.571. The van der Waals surface area contributed by atoms with Gasteiger partial charge in [-0.1, -0.05) is 6.07 Å². The molecule has 2 aliphatic heterocycles. The van der Waals surface area contributed by atoms with Gasteiger partial charge in [0.25, 0.3) is 0 Å². The van der Waals surface area contributed by atoms with E-state index in [9.17, 15) is 0 Å². The highest BCUT2D eigenvalue weighted by atomic mass is 15.1. The molecule has 0 atom stereocenters. The molecule has 1 aromatic rings. The van der Waals surface area contributed by atoms with Crippen LogP contribution < -0.4 is 10.2 Å². The van der Waals surface area contributed by atoms with Gasteiger partial charge in [-0.25, -0.2) is 0 Å². The predicted octanol–water partition coefficient (Wildman–Crippen LogP) is 2.32. The summed E-state index contributed by atoms with van der Waals surface area (Å²) in [6, 6.07) is 7.03. The molecule has 0 radical (unpaired) electrons. The summed E-state index contributed by atoms with van der Waals surface area (Å²) < 4.78 is 0. The first-order valence-corrected chi connectivity index (χ1v) is 6.51. The Balaban J connectivity index is 1.84. The first kappa shape index (κ1) is 10.2. The second-order valence-corrected chi connectivity index (χ2v) is 4.93. The maximum absolute atomic E-state index is 3.43. The molecule has 0 aliphatic carbocycles. The molecule has 1 fully saturated rings. The summed E-state index contributed by atoms with van der Waals surface area (Å²) >= 11 is 0. The molecule has 2 aliphatic rings. The molecular weight excluding hydrogens is 196 g/mol. The lowest BCUT2D eigenvalue weighted by Crippen LogP contribution is -2.30. The van der Waals surface area contributed by atoms with Crippen LogP contribution in [0.1, 0.15) is 30.4 Å². The van der Waals surface area contributed by atoms with Crippen molar-refractivity contribution >= 4 is 5.69 Å². The number of benzene rings is 1. The van der Waals surface area contributed by atoms with Gasteiger partial charge >= 0.3 is 0 Å². The normalized spacial score (nSPS) is 20.6. The fourth-order valence-electron chi connectivity index (χ4n) is 2.81. The Hall–Kier alpha value is -1.02. The number of nitrogens with one attached hydrogen (secondary N) is 1. The maximum atomic E-state index is 3.43. The molecule has 16 heavy (non-hydrogen) atoms. The van der Waals surface area contributed by atoms with E-state index in [-0.39, 0.29) is 0 Å². The first-order chi connectivity index (χ1) is 7.93. The van der Waals surface area contributed by atoms with E-state index in [1.54, 1.807) is 5.56 Å². The largest absolute Gasteiger partial charge is 0.372 e. The number of fused-ring (bicyclic) bond motifs is 1. The summed E-state index contributed by atoms with van der Waals surface area (Å²) in [7, 11) is 0. The van der Waals surface area contributed by atoms with Crippen molar-refractivity contribution in [2.75, 3.05) is 24.5 Å². The number of anilines is 1. The SMILES string of the molecule is c1cc2c(cc1N1CCCCC1)CCNC2. The molecule has 0 saturated carbocycles. The van der Waals surface area contributed by atoms with Crippen LogP contribution in [0.5, 0.6) is 0 Å². The van der Waals surface area contributed by atoms with E-state index in [1.807, 2.05) is 0 Å². The predicted molar refractivity (Wildman–Crippen MR) is 67.9 cm³/mol. The Morgan fingerprint density at radius 1 is 1.00 bits per heavy atom. The van der Waals surface area contributed by atoms with Crippen molar-refractivity contribution < 1.29 is 0 Å². The molecular formula is C14H20N2. The van der Waals surface area contributed by atoms with Crippen LogP contribution >= 0.6 is 0 Å². The lowest BCUT2D eigenvalue weighted by atomic mass is 9.99. The summed E-state index contributed by atoms with van der Waals surface area (Å²) in [5.74, 6) is 0. The lowest BCUT2D eigenvalue weighted by Gasteiger charge is -2.30. The second kappa shape index (κ2) is 4.46. The molecule has 0 bridgehead atoms. The molecule has 1 aromatic carbocycles. The highest BCUT2D eigenvalue weighted by molar-refractivity contribution is 5.52. The summed E-state index contributed by atoms with van der Waals surface area (Å²) in [5, 5.41) is 3.43. The van der Waals surface area contributed by atoms with Crippen LogP contribution in [-0.4, -0.2) is 19.6 Å². The van der Waals surface area contributed by atoms with Gasteiger partial charge in [-0.2, -0.15) is 0 Å². The number of nitrogens with zero attached hydrogens (tertiary/aromatic N) is 1. The van der Waals surface area contributed by atoms with Gasteiger partial charge in [0.05, 0.1) is 0 Å². The van der Waals surface area contributed by atoms with Crippen LogP contribution in [0, 0.1) is 0 Å². The zero-order valence-electron chi connectivity index (χ0n) is 9.84. The molecule has 86 valence electrons. The Morgan fingerprint density at radius 2 is 1.88 bits per heavy atom. The summed E-state index contributed by atoms with van der Waals surface area (Å²) in [6.07, 6.45) is 5.32. The minimum Gasteiger partial charge on any atom is -0.372 e. The topological polar surface area (TPSA) is 15.3 Å². The first-order valence-electron chi connectivity index (χ1n) is 6.51. The molecule has 2 nitrogen and oxygen atoms in total. The number of rotatable bonds is 1. The van der Waals surface area contributed by atoms with Crippen molar-refractivity contribution in [3.05, 3.63) is 29.3 Å². The average molecular weight is 216 g/mol. The number of hydrogen-bond donors (Lipinski definition) is 1.